The van der Waals surface area contributed by atoms with Crippen molar-refractivity contribution >= 4 is 7.12 Å². The second-order valence-corrected chi connectivity index (χ2v) is 7.50. The molecule has 0 aromatic heterocycles. The smallest absolute Gasteiger partial charge is 0.403 e. The van der Waals surface area contributed by atoms with Crippen molar-refractivity contribution < 1.29 is 9.31 Å². The molecule has 2 unspecified atom stereocenters. The zero-order chi connectivity index (χ0) is 12.4. The van der Waals surface area contributed by atoms with Crippen molar-refractivity contribution in [3.63, 3.8) is 0 Å². The average molecular weight is 224 g/mol. The third-order valence-corrected chi connectivity index (χ3v) is 4.57. The lowest BCUT2D eigenvalue weighted by Crippen LogP contribution is -2.41. The lowest BCUT2D eigenvalue weighted by atomic mass is 9.75. The van der Waals surface area contributed by atoms with Gasteiger partial charge in [0.15, 0.2) is 0 Å². The Labute approximate surface area is 100 Å². The molecule has 1 saturated carbocycles. The summed E-state index contributed by atoms with van der Waals surface area (Å²) in [6.45, 7) is 15.4. The van der Waals surface area contributed by atoms with Crippen LogP contribution >= 0.6 is 0 Å². The van der Waals surface area contributed by atoms with Gasteiger partial charge < -0.3 is 9.31 Å². The summed E-state index contributed by atoms with van der Waals surface area (Å²) in [6.07, 6.45) is 1.25. The maximum absolute atomic E-state index is 6.09. The highest BCUT2D eigenvalue weighted by Crippen LogP contribution is 2.59. The Kier molecular flexibility index (Phi) is 2.53. The fraction of sp³-hybridized carbons (Fsp3) is 1.00. The van der Waals surface area contributed by atoms with Gasteiger partial charge in [-0.05, 0) is 51.3 Å². The average Bonchev–Trinajstić information content (AvgIpc) is 2.73. The molecule has 0 aromatic rings. The van der Waals surface area contributed by atoms with E-state index in [4.69, 9.17) is 9.31 Å². The molecule has 0 spiro atoms. The Morgan fingerprint density at radius 2 is 1.44 bits per heavy atom. The summed E-state index contributed by atoms with van der Waals surface area (Å²) < 4.78 is 12.2. The molecule has 2 fully saturated rings. The molecule has 92 valence electrons. The topological polar surface area (TPSA) is 18.5 Å². The van der Waals surface area contributed by atoms with E-state index < -0.39 is 0 Å². The maximum atomic E-state index is 6.09. The fourth-order valence-electron chi connectivity index (χ4n) is 2.57. The molecule has 1 aliphatic carbocycles. The number of rotatable bonds is 1. The van der Waals surface area contributed by atoms with Gasteiger partial charge in [-0.3, -0.25) is 0 Å². The minimum absolute atomic E-state index is 0.00854. The summed E-state index contributed by atoms with van der Waals surface area (Å²) in [4.78, 5) is 0. The van der Waals surface area contributed by atoms with Crippen LogP contribution in [0.3, 0.4) is 0 Å². The highest BCUT2D eigenvalue weighted by atomic mass is 16.7. The number of hydrogen-bond acceptors (Lipinski definition) is 2. The van der Waals surface area contributed by atoms with E-state index in [9.17, 15) is 0 Å². The van der Waals surface area contributed by atoms with E-state index in [1.165, 1.54) is 6.42 Å². The van der Waals surface area contributed by atoms with Crippen molar-refractivity contribution in [3.05, 3.63) is 0 Å². The molecule has 3 heteroatoms. The lowest BCUT2D eigenvalue weighted by Gasteiger charge is -2.32. The van der Waals surface area contributed by atoms with E-state index in [1.807, 2.05) is 0 Å². The highest BCUT2D eigenvalue weighted by molar-refractivity contribution is 6.48. The van der Waals surface area contributed by atoms with Crippen LogP contribution in [0.25, 0.3) is 0 Å². The van der Waals surface area contributed by atoms with Crippen molar-refractivity contribution in [3.8, 4) is 0 Å². The molecule has 0 bridgehead atoms. The Morgan fingerprint density at radius 3 is 1.75 bits per heavy atom. The normalized spacial score (nSPS) is 36.6. The van der Waals surface area contributed by atoms with E-state index in [1.54, 1.807) is 0 Å². The molecule has 2 rings (SSSR count). The maximum Gasteiger partial charge on any atom is 0.461 e. The van der Waals surface area contributed by atoms with Crippen molar-refractivity contribution in [1.29, 1.82) is 0 Å². The van der Waals surface area contributed by atoms with E-state index in [0.29, 0.717) is 11.2 Å². The fourth-order valence-corrected chi connectivity index (χ4v) is 2.57. The van der Waals surface area contributed by atoms with Crippen LogP contribution in [-0.4, -0.2) is 18.3 Å². The van der Waals surface area contributed by atoms with E-state index in [0.717, 1.165) is 5.92 Å². The molecular weight excluding hydrogens is 199 g/mol. The Hall–Kier alpha value is -0.0151. The second-order valence-electron chi connectivity index (χ2n) is 7.50. The lowest BCUT2D eigenvalue weighted by molar-refractivity contribution is 0.00578. The summed E-state index contributed by atoms with van der Waals surface area (Å²) >= 11 is 0. The first-order valence-corrected chi connectivity index (χ1v) is 6.40. The van der Waals surface area contributed by atoms with Crippen molar-refractivity contribution in [2.75, 3.05) is 0 Å². The quantitative estimate of drug-likeness (QED) is 0.634. The predicted molar refractivity (Wildman–Crippen MR) is 67.4 cm³/mol. The summed E-state index contributed by atoms with van der Waals surface area (Å²) in [5, 5.41) is 0. The van der Waals surface area contributed by atoms with Crippen LogP contribution in [0.15, 0.2) is 0 Å². The predicted octanol–water partition coefficient (Wildman–Crippen LogP) is 3.51. The first-order chi connectivity index (χ1) is 7.05. The van der Waals surface area contributed by atoms with Crippen molar-refractivity contribution in [1.82, 2.24) is 0 Å². The zero-order valence-corrected chi connectivity index (χ0v) is 11.8. The van der Waals surface area contributed by atoms with Gasteiger partial charge in [-0.2, -0.15) is 0 Å². The van der Waals surface area contributed by atoms with Gasteiger partial charge in [-0.25, -0.2) is 0 Å². The molecule has 2 aliphatic rings. The molecule has 2 nitrogen and oxygen atoms in total. The van der Waals surface area contributed by atoms with Gasteiger partial charge in [0, 0.05) is 0 Å². The summed E-state index contributed by atoms with van der Waals surface area (Å²) in [5.41, 5.74) is 0.0274. The van der Waals surface area contributed by atoms with Crippen LogP contribution in [0, 0.1) is 11.3 Å². The molecule has 0 radical (unpaired) electrons. The molecule has 0 aromatic carbocycles. The van der Waals surface area contributed by atoms with Crippen LogP contribution < -0.4 is 0 Å². The van der Waals surface area contributed by atoms with Gasteiger partial charge in [0.2, 0.25) is 0 Å². The standard InChI is InChI=1S/C13H25BO2/c1-11(2,3)9-8-10(9)14-15-12(4,5)13(6,7)16-14/h9-10H,8H2,1-7H3. The van der Waals surface area contributed by atoms with Crippen LogP contribution in [0.5, 0.6) is 0 Å². The molecule has 1 aliphatic heterocycles. The second kappa shape index (κ2) is 3.26. The monoisotopic (exact) mass is 224 g/mol. The van der Waals surface area contributed by atoms with E-state index in [-0.39, 0.29) is 18.3 Å². The molecule has 0 N–H and O–H groups in total. The SMILES string of the molecule is CC(C)(C)C1CC1B1OC(C)(C)C(C)(C)O1. The number of hydrogen-bond donors (Lipinski definition) is 0. The first kappa shape index (κ1) is 12.4. The molecule has 2 atom stereocenters. The van der Waals surface area contributed by atoms with Gasteiger partial charge in [0.25, 0.3) is 0 Å². The third kappa shape index (κ3) is 1.93. The first-order valence-electron chi connectivity index (χ1n) is 6.40. The third-order valence-electron chi connectivity index (χ3n) is 4.57. The molecule has 1 saturated heterocycles. The van der Waals surface area contributed by atoms with Gasteiger partial charge in [0.05, 0.1) is 11.2 Å². The zero-order valence-electron chi connectivity index (χ0n) is 11.8. The molecule has 1 heterocycles. The van der Waals surface area contributed by atoms with E-state index >= 15 is 0 Å². The summed E-state index contributed by atoms with van der Waals surface area (Å²) in [7, 11) is 0.00854. The van der Waals surface area contributed by atoms with E-state index in [2.05, 4.69) is 48.5 Å². The summed E-state index contributed by atoms with van der Waals surface area (Å²) in [6, 6.07) is 0. The molecule has 16 heavy (non-hydrogen) atoms. The Bertz CT molecular complexity index is 275. The summed E-state index contributed by atoms with van der Waals surface area (Å²) in [5.74, 6) is 1.35. The largest absolute Gasteiger partial charge is 0.461 e. The molecular formula is C13H25BO2. The van der Waals surface area contributed by atoms with Gasteiger partial charge >= 0.3 is 7.12 Å². The molecule has 0 amide bonds. The highest BCUT2D eigenvalue weighted by Gasteiger charge is 2.61. The van der Waals surface area contributed by atoms with Crippen molar-refractivity contribution in [2.24, 2.45) is 11.3 Å². The minimum atomic E-state index is -0.178. The Morgan fingerprint density at radius 1 is 1.00 bits per heavy atom. The van der Waals surface area contributed by atoms with Gasteiger partial charge in [0.1, 0.15) is 0 Å². The van der Waals surface area contributed by atoms with Crippen molar-refractivity contribution in [2.45, 2.75) is 71.9 Å². The van der Waals surface area contributed by atoms with Crippen LogP contribution in [0.4, 0.5) is 0 Å². The van der Waals surface area contributed by atoms with Crippen LogP contribution in [0.2, 0.25) is 5.82 Å². The van der Waals surface area contributed by atoms with Gasteiger partial charge in [-0.15, -0.1) is 0 Å². The van der Waals surface area contributed by atoms with Crippen LogP contribution in [-0.2, 0) is 9.31 Å². The van der Waals surface area contributed by atoms with Crippen LogP contribution in [0.1, 0.15) is 54.9 Å². The van der Waals surface area contributed by atoms with Gasteiger partial charge in [-0.1, -0.05) is 20.8 Å². The Balaban J connectivity index is 2.02. The minimum Gasteiger partial charge on any atom is -0.403 e.